The van der Waals surface area contributed by atoms with Gasteiger partial charge >= 0.3 is 0 Å². The molecule has 1 aromatic heterocycles. The van der Waals surface area contributed by atoms with Crippen LogP contribution in [0.2, 0.25) is 51.4 Å². The molecule has 1 aliphatic rings. The number of imidazole rings is 1. The smallest absolute Gasteiger partial charge is 0.203 e. The number of alkyl halides is 2. The molecule has 2 atom stereocenters. The molecule has 1 aromatic rings. The Hall–Kier alpha value is 0.284. The summed E-state index contributed by atoms with van der Waals surface area (Å²) in [4.78, 5) is 10.7. The summed E-state index contributed by atoms with van der Waals surface area (Å²) in [5, 5.41) is 2.92. The Kier molecular flexibility index (Phi) is 9.90. The highest BCUT2D eigenvalue weighted by Crippen LogP contribution is 2.35. The molecular formula is C19H38Br2N4O2Si2. The van der Waals surface area contributed by atoms with Gasteiger partial charge in [0.05, 0.1) is 5.69 Å². The number of nitrogens with one attached hydrogen (secondary N) is 2. The first kappa shape index (κ1) is 25.5. The Morgan fingerprint density at radius 3 is 1.97 bits per heavy atom. The normalized spacial score (nSPS) is 18.1. The standard InChI is InChI=1S/C19H38Br2N4O2Si2/c1-28(2,3)13-11-26-17(20)15-16(18(21)27-12-14-29(4,5)6)24-19(23-15)25-9-7-22-8-10-25/h17-18,22H,7-14H2,1-6H3,(H,23,24). The first-order chi connectivity index (χ1) is 13.5. The Morgan fingerprint density at radius 2 is 1.45 bits per heavy atom. The fourth-order valence-corrected chi connectivity index (χ4v) is 5.39. The van der Waals surface area contributed by atoms with Crippen molar-refractivity contribution in [2.75, 3.05) is 44.3 Å². The van der Waals surface area contributed by atoms with Crippen LogP contribution < -0.4 is 10.2 Å². The maximum absolute atomic E-state index is 6.13. The minimum Gasteiger partial charge on any atom is -0.361 e. The molecular weight excluding hydrogens is 532 g/mol. The van der Waals surface area contributed by atoms with Crippen LogP contribution in [-0.2, 0) is 9.47 Å². The molecule has 0 saturated carbocycles. The fraction of sp³-hybridized carbons (Fsp3) is 0.842. The maximum atomic E-state index is 6.13. The first-order valence-electron chi connectivity index (χ1n) is 10.5. The molecule has 0 radical (unpaired) electrons. The molecule has 2 N–H and O–H groups in total. The SMILES string of the molecule is C[Si](C)(C)CCOC(Br)c1nc(N2CCNCC2)[nH]c1C(Br)OCC[Si](C)(C)C. The maximum Gasteiger partial charge on any atom is 0.203 e. The van der Waals surface area contributed by atoms with E-state index in [2.05, 4.69) is 86.3 Å². The molecule has 1 aliphatic heterocycles. The highest BCUT2D eigenvalue weighted by molar-refractivity contribution is 9.09. The fourth-order valence-electron chi connectivity index (χ4n) is 2.86. The summed E-state index contributed by atoms with van der Waals surface area (Å²) < 4.78 is 12.3. The molecule has 0 amide bonds. The van der Waals surface area contributed by atoms with E-state index in [1.807, 2.05) is 0 Å². The van der Waals surface area contributed by atoms with Crippen molar-refractivity contribution in [3.63, 3.8) is 0 Å². The number of ether oxygens (including phenoxy) is 2. The predicted molar refractivity (Wildman–Crippen MR) is 135 cm³/mol. The average Bonchev–Trinajstić information content (AvgIpc) is 3.06. The quantitative estimate of drug-likeness (QED) is 0.279. The Labute approximate surface area is 195 Å². The van der Waals surface area contributed by atoms with Crippen LogP contribution >= 0.6 is 31.9 Å². The van der Waals surface area contributed by atoms with Crippen LogP contribution in [0.15, 0.2) is 0 Å². The summed E-state index contributed by atoms with van der Waals surface area (Å²) in [6.07, 6.45) is 0. The number of aromatic amines is 1. The zero-order valence-electron chi connectivity index (χ0n) is 18.8. The van der Waals surface area contributed by atoms with E-state index in [4.69, 9.17) is 14.5 Å². The third-order valence-electron chi connectivity index (χ3n) is 4.84. The lowest BCUT2D eigenvalue weighted by Gasteiger charge is -2.26. The van der Waals surface area contributed by atoms with Gasteiger partial charge in [0.1, 0.15) is 5.69 Å². The molecule has 0 aliphatic carbocycles. The number of rotatable bonds is 11. The van der Waals surface area contributed by atoms with Crippen molar-refractivity contribution in [1.29, 1.82) is 0 Å². The molecule has 168 valence electrons. The van der Waals surface area contributed by atoms with Crippen molar-refractivity contribution < 1.29 is 9.47 Å². The minimum atomic E-state index is -1.14. The number of hydrogen-bond donors (Lipinski definition) is 2. The van der Waals surface area contributed by atoms with Crippen LogP contribution in [0.3, 0.4) is 0 Å². The van der Waals surface area contributed by atoms with Gasteiger partial charge in [0.2, 0.25) is 5.95 Å². The molecule has 1 fully saturated rings. The summed E-state index contributed by atoms with van der Waals surface area (Å²) >= 11 is 7.45. The van der Waals surface area contributed by atoms with Crippen LogP contribution in [0.1, 0.15) is 21.4 Å². The number of piperazine rings is 1. The molecule has 6 nitrogen and oxygen atoms in total. The minimum absolute atomic E-state index is 0.223. The summed E-state index contributed by atoms with van der Waals surface area (Å²) in [7, 11) is -2.27. The van der Waals surface area contributed by atoms with Crippen LogP contribution in [0.5, 0.6) is 0 Å². The second-order valence-electron chi connectivity index (χ2n) is 10.1. The van der Waals surface area contributed by atoms with Crippen LogP contribution in [0.4, 0.5) is 5.95 Å². The van der Waals surface area contributed by atoms with Crippen molar-refractivity contribution in [3.8, 4) is 0 Å². The van der Waals surface area contributed by atoms with Crippen LogP contribution in [0, 0.1) is 0 Å². The van der Waals surface area contributed by atoms with E-state index in [0.717, 1.165) is 68.8 Å². The van der Waals surface area contributed by atoms with Gasteiger partial charge in [0, 0.05) is 55.5 Å². The highest BCUT2D eigenvalue weighted by atomic mass is 79.9. The molecule has 0 aromatic carbocycles. The number of halogens is 2. The van der Waals surface area contributed by atoms with Crippen molar-refractivity contribution >= 4 is 54.0 Å². The van der Waals surface area contributed by atoms with E-state index in [9.17, 15) is 0 Å². The summed E-state index contributed by atoms with van der Waals surface area (Å²) in [6.45, 7) is 19.5. The van der Waals surface area contributed by atoms with Crippen molar-refractivity contribution in [2.24, 2.45) is 0 Å². The van der Waals surface area contributed by atoms with E-state index in [1.54, 1.807) is 0 Å². The Morgan fingerprint density at radius 1 is 0.931 bits per heavy atom. The summed E-state index contributed by atoms with van der Waals surface area (Å²) in [5.74, 6) is 0.896. The molecule has 2 heterocycles. The van der Waals surface area contributed by atoms with Gasteiger partial charge in [-0.15, -0.1) is 0 Å². The lowest BCUT2D eigenvalue weighted by molar-refractivity contribution is 0.112. The van der Waals surface area contributed by atoms with Gasteiger partial charge in [-0.25, -0.2) is 4.98 Å². The number of nitrogens with zero attached hydrogens (tertiary/aromatic N) is 2. The summed E-state index contributed by atoms with van der Waals surface area (Å²) in [6, 6.07) is 2.26. The van der Waals surface area contributed by atoms with Gasteiger partial charge in [-0.2, -0.15) is 0 Å². The van der Waals surface area contributed by atoms with Gasteiger partial charge in [0.25, 0.3) is 0 Å². The van der Waals surface area contributed by atoms with Crippen LogP contribution in [-0.4, -0.2) is 65.5 Å². The van der Waals surface area contributed by atoms with Crippen molar-refractivity contribution in [3.05, 3.63) is 11.4 Å². The molecule has 29 heavy (non-hydrogen) atoms. The van der Waals surface area contributed by atoms with Gasteiger partial charge < -0.3 is 24.7 Å². The predicted octanol–water partition coefficient (Wildman–Crippen LogP) is 5.32. The molecule has 0 bridgehead atoms. The summed E-state index contributed by atoms with van der Waals surface area (Å²) in [5.41, 5.74) is 1.83. The number of H-pyrrole nitrogens is 1. The Balaban J connectivity index is 2.11. The zero-order chi connectivity index (χ0) is 21.7. The highest BCUT2D eigenvalue weighted by Gasteiger charge is 2.27. The zero-order valence-corrected chi connectivity index (χ0v) is 24.0. The largest absolute Gasteiger partial charge is 0.361 e. The molecule has 10 heteroatoms. The van der Waals surface area contributed by atoms with Gasteiger partial charge in [0.15, 0.2) is 10.0 Å². The average molecular weight is 571 g/mol. The van der Waals surface area contributed by atoms with Gasteiger partial charge in [-0.05, 0) is 12.1 Å². The number of aromatic nitrogens is 2. The molecule has 1 saturated heterocycles. The third kappa shape index (κ3) is 9.12. The lowest BCUT2D eigenvalue weighted by Crippen LogP contribution is -2.44. The molecule has 2 unspecified atom stereocenters. The van der Waals surface area contributed by atoms with Gasteiger partial charge in [-0.1, -0.05) is 71.1 Å². The van der Waals surface area contributed by atoms with Gasteiger partial charge in [-0.3, -0.25) is 0 Å². The van der Waals surface area contributed by atoms with E-state index < -0.39 is 16.1 Å². The second-order valence-corrected chi connectivity index (χ2v) is 23.0. The lowest BCUT2D eigenvalue weighted by atomic mass is 10.3. The Bertz CT molecular complexity index is 585. The van der Waals surface area contributed by atoms with Crippen molar-refractivity contribution in [1.82, 2.24) is 15.3 Å². The first-order valence-corrected chi connectivity index (χ1v) is 19.8. The third-order valence-corrected chi connectivity index (χ3v) is 9.67. The molecule has 0 spiro atoms. The van der Waals surface area contributed by atoms with Crippen LogP contribution in [0.25, 0.3) is 0 Å². The van der Waals surface area contributed by atoms with E-state index in [1.165, 1.54) is 0 Å². The van der Waals surface area contributed by atoms with E-state index >= 15 is 0 Å². The van der Waals surface area contributed by atoms with Crippen molar-refractivity contribution in [2.45, 2.75) is 61.4 Å². The van der Waals surface area contributed by atoms with E-state index in [-0.39, 0.29) is 10.0 Å². The monoisotopic (exact) mass is 568 g/mol. The second kappa shape index (κ2) is 11.2. The number of hydrogen-bond acceptors (Lipinski definition) is 5. The molecule has 2 rings (SSSR count). The topological polar surface area (TPSA) is 62.4 Å². The van der Waals surface area contributed by atoms with E-state index in [0.29, 0.717) is 0 Å². The number of anilines is 1.